The van der Waals surface area contributed by atoms with E-state index >= 15 is 0 Å². The molecule has 0 saturated heterocycles. The third-order valence-electron chi connectivity index (χ3n) is 3.41. The molecule has 2 aromatic rings. The lowest BCUT2D eigenvalue weighted by molar-refractivity contribution is -0.138. The molecule has 0 unspecified atom stereocenters. The Morgan fingerprint density at radius 2 is 1.86 bits per heavy atom. The fourth-order valence-corrected chi connectivity index (χ4v) is 2.52. The predicted molar refractivity (Wildman–Crippen MR) is 94.3 cm³/mol. The predicted octanol–water partition coefficient (Wildman–Crippen LogP) is 2.64. The zero-order valence-electron chi connectivity index (χ0n) is 14.1. The molecule has 0 aliphatic carbocycles. The highest BCUT2D eigenvalue weighted by Crippen LogP contribution is 2.29. The summed E-state index contributed by atoms with van der Waals surface area (Å²) in [6, 6.07) is 4.67. The van der Waals surface area contributed by atoms with Gasteiger partial charge >= 0.3 is 6.18 Å². The first-order valence-corrected chi connectivity index (χ1v) is 8.18. The molecule has 0 aliphatic rings. The van der Waals surface area contributed by atoms with Crippen LogP contribution in [-0.4, -0.2) is 23.5 Å². The SMILES string of the molecule is COc1ccc(Cl)cc1C(=O)NNC(=O)Cn1cc(C(F)(F)F)cc(Cl)c1=O. The van der Waals surface area contributed by atoms with Crippen molar-refractivity contribution in [1.82, 2.24) is 15.4 Å². The number of nitrogens with zero attached hydrogens (tertiary/aromatic N) is 1. The summed E-state index contributed by atoms with van der Waals surface area (Å²) in [4.78, 5) is 35.9. The Morgan fingerprint density at radius 3 is 2.46 bits per heavy atom. The Bertz CT molecular complexity index is 977. The molecule has 7 nitrogen and oxygen atoms in total. The lowest BCUT2D eigenvalue weighted by atomic mass is 10.2. The molecule has 0 aliphatic heterocycles. The molecule has 28 heavy (non-hydrogen) atoms. The Kier molecular flexibility index (Phi) is 6.57. The molecule has 1 heterocycles. The molecular weight excluding hydrogens is 426 g/mol. The van der Waals surface area contributed by atoms with E-state index in [4.69, 9.17) is 27.9 Å². The maximum absolute atomic E-state index is 12.8. The Morgan fingerprint density at radius 1 is 1.18 bits per heavy atom. The van der Waals surface area contributed by atoms with Crippen LogP contribution >= 0.6 is 23.2 Å². The number of nitrogens with one attached hydrogen (secondary N) is 2. The number of benzene rings is 1. The van der Waals surface area contributed by atoms with Gasteiger partial charge in [0, 0.05) is 11.2 Å². The summed E-state index contributed by atoms with van der Waals surface area (Å²) in [6.07, 6.45) is -4.30. The van der Waals surface area contributed by atoms with Crippen molar-refractivity contribution >= 4 is 35.0 Å². The topological polar surface area (TPSA) is 89.4 Å². The van der Waals surface area contributed by atoms with Crippen molar-refractivity contribution < 1.29 is 27.5 Å². The van der Waals surface area contributed by atoms with E-state index in [0.717, 1.165) is 0 Å². The first-order chi connectivity index (χ1) is 13.0. The number of hydrazine groups is 1. The average molecular weight is 438 g/mol. The van der Waals surface area contributed by atoms with E-state index in [0.29, 0.717) is 16.8 Å². The molecule has 0 spiro atoms. The van der Waals surface area contributed by atoms with Gasteiger partial charge in [0.1, 0.15) is 17.3 Å². The largest absolute Gasteiger partial charge is 0.496 e. The molecule has 0 radical (unpaired) electrons. The average Bonchev–Trinajstić information content (AvgIpc) is 2.62. The second kappa shape index (κ2) is 8.53. The van der Waals surface area contributed by atoms with E-state index < -0.39 is 40.7 Å². The molecule has 0 saturated carbocycles. The summed E-state index contributed by atoms with van der Waals surface area (Å²) in [7, 11) is 1.32. The normalized spacial score (nSPS) is 11.1. The number of carbonyl (C=O) groups is 2. The highest BCUT2D eigenvalue weighted by molar-refractivity contribution is 6.31. The van der Waals surface area contributed by atoms with Gasteiger partial charge in [-0.3, -0.25) is 25.2 Å². The third kappa shape index (κ3) is 5.17. The van der Waals surface area contributed by atoms with Crippen molar-refractivity contribution in [2.45, 2.75) is 12.7 Å². The van der Waals surface area contributed by atoms with E-state index in [1.165, 1.54) is 25.3 Å². The van der Waals surface area contributed by atoms with Crippen LogP contribution in [0.4, 0.5) is 13.2 Å². The Labute approximate surface area is 166 Å². The van der Waals surface area contributed by atoms with E-state index in [9.17, 15) is 27.6 Å². The second-order valence-electron chi connectivity index (χ2n) is 5.35. The number of rotatable bonds is 4. The Hall–Kier alpha value is -2.72. The summed E-state index contributed by atoms with van der Waals surface area (Å²) in [6.45, 7) is -0.810. The first-order valence-electron chi connectivity index (χ1n) is 7.43. The number of hydrogen-bond donors (Lipinski definition) is 2. The van der Waals surface area contributed by atoms with Gasteiger partial charge in [0.15, 0.2) is 0 Å². The monoisotopic (exact) mass is 437 g/mol. The molecule has 0 bridgehead atoms. The van der Waals surface area contributed by atoms with Gasteiger partial charge in [-0.2, -0.15) is 13.2 Å². The number of hydrogen-bond acceptors (Lipinski definition) is 4. The van der Waals surface area contributed by atoms with Crippen molar-refractivity contribution in [2.24, 2.45) is 0 Å². The number of alkyl halides is 3. The summed E-state index contributed by atoms with van der Waals surface area (Å²) in [5.74, 6) is -1.58. The van der Waals surface area contributed by atoms with Crippen molar-refractivity contribution in [3.63, 3.8) is 0 Å². The number of halogens is 5. The van der Waals surface area contributed by atoms with Gasteiger partial charge in [0.05, 0.1) is 18.2 Å². The lowest BCUT2D eigenvalue weighted by Gasteiger charge is -2.13. The van der Waals surface area contributed by atoms with Crippen LogP contribution < -0.4 is 21.1 Å². The number of aromatic nitrogens is 1. The standard InChI is InChI=1S/C16H12Cl2F3N3O4/c1-28-12-3-2-9(17)5-10(12)14(26)23-22-13(25)7-24-6-8(16(19,20)21)4-11(18)15(24)27/h2-6H,7H2,1H3,(H,22,25)(H,23,26). The molecule has 2 N–H and O–H groups in total. The van der Waals surface area contributed by atoms with Gasteiger partial charge in [0.2, 0.25) is 0 Å². The zero-order chi connectivity index (χ0) is 21.1. The van der Waals surface area contributed by atoms with Gasteiger partial charge in [-0.05, 0) is 24.3 Å². The minimum atomic E-state index is -4.76. The lowest BCUT2D eigenvalue weighted by Crippen LogP contribution is -2.44. The van der Waals surface area contributed by atoms with E-state index in [1.54, 1.807) is 0 Å². The molecule has 1 aromatic carbocycles. The van der Waals surface area contributed by atoms with Crippen molar-refractivity contribution in [2.75, 3.05) is 7.11 Å². The van der Waals surface area contributed by atoms with Crippen molar-refractivity contribution in [3.05, 3.63) is 62.0 Å². The van der Waals surface area contributed by atoms with Gasteiger partial charge in [-0.25, -0.2) is 0 Å². The molecular formula is C16H12Cl2F3N3O4. The summed E-state index contributed by atoms with van der Waals surface area (Å²) in [5.41, 5.74) is 1.86. The van der Waals surface area contributed by atoms with Crippen LogP contribution in [0.1, 0.15) is 15.9 Å². The molecule has 2 amide bonds. The molecule has 1 aromatic heterocycles. The molecule has 150 valence electrons. The van der Waals surface area contributed by atoms with Crippen LogP contribution in [0.15, 0.2) is 35.3 Å². The van der Waals surface area contributed by atoms with Crippen molar-refractivity contribution in [1.29, 1.82) is 0 Å². The number of amides is 2. The fraction of sp³-hybridized carbons (Fsp3) is 0.188. The minimum Gasteiger partial charge on any atom is -0.496 e. The summed E-state index contributed by atoms with van der Waals surface area (Å²) < 4.78 is 43.9. The van der Waals surface area contributed by atoms with Crippen LogP contribution in [0.3, 0.4) is 0 Å². The van der Waals surface area contributed by atoms with Crippen LogP contribution in [0.5, 0.6) is 5.75 Å². The Balaban J connectivity index is 2.11. The first kappa shape index (κ1) is 21.6. The second-order valence-corrected chi connectivity index (χ2v) is 6.20. The smallest absolute Gasteiger partial charge is 0.417 e. The zero-order valence-corrected chi connectivity index (χ0v) is 15.6. The van der Waals surface area contributed by atoms with E-state index in [-0.39, 0.29) is 16.3 Å². The molecule has 0 atom stereocenters. The third-order valence-corrected chi connectivity index (χ3v) is 3.91. The fourth-order valence-electron chi connectivity index (χ4n) is 2.12. The van der Waals surface area contributed by atoms with Crippen LogP contribution in [0.25, 0.3) is 0 Å². The minimum absolute atomic E-state index is 0.00887. The summed E-state index contributed by atoms with van der Waals surface area (Å²) in [5, 5.41) is -0.460. The molecule has 2 rings (SSSR count). The van der Waals surface area contributed by atoms with Crippen LogP contribution in [-0.2, 0) is 17.5 Å². The maximum atomic E-state index is 12.8. The number of pyridine rings is 1. The molecule has 12 heteroatoms. The summed E-state index contributed by atoms with van der Waals surface area (Å²) >= 11 is 11.3. The van der Waals surface area contributed by atoms with E-state index in [2.05, 4.69) is 5.43 Å². The number of methoxy groups -OCH3 is 1. The highest BCUT2D eigenvalue weighted by atomic mass is 35.5. The van der Waals surface area contributed by atoms with Gasteiger partial charge in [-0.1, -0.05) is 23.2 Å². The van der Waals surface area contributed by atoms with Gasteiger partial charge in [-0.15, -0.1) is 0 Å². The van der Waals surface area contributed by atoms with Gasteiger partial charge in [0.25, 0.3) is 17.4 Å². The van der Waals surface area contributed by atoms with E-state index in [1.807, 2.05) is 5.43 Å². The maximum Gasteiger partial charge on any atom is 0.417 e. The molecule has 0 fully saturated rings. The van der Waals surface area contributed by atoms with Gasteiger partial charge < -0.3 is 9.30 Å². The number of ether oxygens (including phenoxy) is 1. The van der Waals surface area contributed by atoms with Crippen molar-refractivity contribution in [3.8, 4) is 5.75 Å². The quantitative estimate of drug-likeness (QED) is 0.719. The number of carbonyl (C=O) groups excluding carboxylic acids is 2. The highest BCUT2D eigenvalue weighted by Gasteiger charge is 2.32. The van der Waals surface area contributed by atoms with Crippen LogP contribution in [0, 0.1) is 0 Å². The van der Waals surface area contributed by atoms with Crippen LogP contribution in [0.2, 0.25) is 10.0 Å².